The van der Waals surface area contributed by atoms with Gasteiger partial charge in [0.15, 0.2) is 0 Å². The van der Waals surface area contributed by atoms with Gasteiger partial charge in [0.25, 0.3) is 0 Å². The van der Waals surface area contributed by atoms with E-state index in [-0.39, 0.29) is 17.9 Å². The van der Waals surface area contributed by atoms with Gasteiger partial charge in [-0.3, -0.25) is 4.79 Å². The van der Waals surface area contributed by atoms with Crippen LogP contribution in [0.15, 0.2) is 24.3 Å². The highest BCUT2D eigenvalue weighted by Crippen LogP contribution is 2.37. The second-order valence-corrected chi connectivity index (χ2v) is 4.17. The molecule has 1 heterocycles. The van der Waals surface area contributed by atoms with Crippen molar-refractivity contribution in [3.63, 3.8) is 0 Å². The Kier molecular flexibility index (Phi) is 2.39. The van der Waals surface area contributed by atoms with Gasteiger partial charge in [0.2, 0.25) is 0 Å². The fourth-order valence-electron chi connectivity index (χ4n) is 2.41. The molecular weight excluding hydrogens is 190 g/mol. The molecule has 80 valence electrons. The van der Waals surface area contributed by atoms with Gasteiger partial charge in [-0.2, -0.15) is 0 Å². The van der Waals surface area contributed by atoms with E-state index in [2.05, 4.69) is 5.32 Å². The average molecular weight is 205 g/mol. The topological polar surface area (TPSA) is 49.3 Å². The van der Waals surface area contributed by atoms with E-state index in [1.807, 2.05) is 38.1 Å². The van der Waals surface area contributed by atoms with Gasteiger partial charge < -0.3 is 10.4 Å². The molecule has 0 spiro atoms. The van der Waals surface area contributed by atoms with Crippen molar-refractivity contribution in [3.8, 4) is 0 Å². The summed E-state index contributed by atoms with van der Waals surface area (Å²) in [5.41, 5.74) is 2.16. The van der Waals surface area contributed by atoms with Crippen molar-refractivity contribution >= 4 is 11.7 Å². The minimum Gasteiger partial charge on any atom is -0.481 e. The molecule has 0 aromatic heterocycles. The Balaban J connectivity index is 2.42. The molecule has 1 aromatic carbocycles. The first-order chi connectivity index (χ1) is 7.11. The molecule has 0 radical (unpaired) electrons. The van der Waals surface area contributed by atoms with E-state index < -0.39 is 5.97 Å². The second-order valence-electron chi connectivity index (χ2n) is 4.17. The van der Waals surface area contributed by atoms with Gasteiger partial charge in [-0.05, 0) is 24.5 Å². The summed E-state index contributed by atoms with van der Waals surface area (Å²) in [5, 5.41) is 12.4. The van der Waals surface area contributed by atoms with Crippen molar-refractivity contribution in [1.29, 1.82) is 0 Å². The smallest absolute Gasteiger partial charge is 0.309 e. The van der Waals surface area contributed by atoms with E-state index in [4.69, 9.17) is 5.11 Å². The molecule has 3 nitrogen and oxygen atoms in total. The first-order valence-corrected chi connectivity index (χ1v) is 5.19. The van der Waals surface area contributed by atoms with Gasteiger partial charge in [-0.25, -0.2) is 0 Å². The summed E-state index contributed by atoms with van der Waals surface area (Å²) in [4.78, 5) is 11.1. The molecule has 0 bridgehead atoms. The second kappa shape index (κ2) is 3.57. The zero-order chi connectivity index (χ0) is 11.0. The van der Waals surface area contributed by atoms with Crippen LogP contribution in [-0.4, -0.2) is 17.1 Å². The summed E-state index contributed by atoms with van der Waals surface area (Å²) in [6.45, 7) is 3.90. The quantitative estimate of drug-likeness (QED) is 0.739. The highest BCUT2D eigenvalue weighted by Gasteiger charge is 2.36. The molecule has 3 heteroatoms. The Morgan fingerprint density at radius 1 is 1.33 bits per heavy atom. The minimum atomic E-state index is -0.725. The maximum atomic E-state index is 11.1. The third-order valence-corrected chi connectivity index (χ3v) is 3.20. The number of para-hydroxylation sites is 1. The molecule has 3 atom stereocenters. The Labute approximate surface area is 89.1 Å². The fourth-order valence-corrected chi connectivity index (χ4v) is 2.41. The molecule has 1 aliphatic heterocycles. The number of carbonyl (C=O) groups is 1. The molecule has 0 saturated carbocycles. The van der Waals surface area contributed by atoms with Gasteiger partial charge in [0.05, 0.1) is 5.92 Å². The van der Waals surface area contributed by atoms with Crippen LogP contribution in [0.2, 0.25) is 0 Å². The lowest BCUT2D eigenvalue weighted by Crippen LogP contribution is -2.39. The highest BCUT2D eigenvalue weighted by atomic mass is 16.4. The predicted molar refractivity (Wildman–Crippen MR) is 59.1 cm³/mol. The van der Waals surface area contributed by atoms with Crippen LogP contribution in [0, 0.1) is 5.92 Å². The van der Waals surface area contributed by atoms with Gasteiger partial charge in [0.1, 0.15) is 0 Å². The molecule has 3 unspecified atom stereocenters. The summed E-state index contributed by atoms with van der Waals surface area (Å²) in [5.74, 6) is -1.01. The Morgan fingerprint density at radius 3 is 2.67 bits per heavy atom. The van der Waals surface area contributed by atoms with Crippen LogP contribution < -0.4 is 5.32 Å². The van der Waals surface area contributed by atoms with Gasteiger partial charge >= 0.3 is 5.97 Å². The first-order valence-electron chi connectivity index (χ1n) is 5.19. The van der Waals surface area contributed by atoms with Crippen LogP contribution in [-0.2, 0) is 4.79 Å². The number of fused-ring (bicyclic) bond motifs is 1. The normalized spacial score (nSPS) is 29.1. The number of anilines is 1. The monoisotopic (exact) mass is 205 g/mol. The van der Waals surface area contributed by atoms with Gasteiger partial charge in [0, 0.05) is 11.7 Å². The maximum Gasteiger partial charge on any atom is 0.309 e. The molecule has 15 heavy (non-hydrogen) atoms. The Hall–Kier alpha value is -1.51. The van der Waals surface area contributed by atoms with Crippen molar-refractivity contribution in [2.75, 3.05) is 5.32 Å². The maximum absolute atomic E-state index is 11.1. The van der Waals surface area contributed by atoms with E-state index in [0.717, 1.165) is 11.3 Å². The van der Waals surface area contributed by atoms with Gasteiger partial charge in [-0.1, -0.05) is 25.1 Å². The van der Waals surface area contributed by atoms with Crippen LogP contribution in [0.1, 0.15) is 25.3 Å². The summed E-state index contributed by atoms with van der Waals surface area (Å²) in [6.07, 6.45) is 0. The van der Waals surface area contributed by atoms with Crippen molar-refractivity contribution in [2.24, 2.45) is 5.92 Å². The number of aliphatic carboxylic acids is 1. The lowest BCUT2D eigenvalue weighted by Gasteiger charge is -2.34. The zero-order valence-electron chi connectivity index (χ0n) is 8.90. The molecule has 0 aliphatic carbocycles. The number of rotatable bonds is 1. The van der Waals surface area contributed by atoms with Crippen molar-refractivity contribution in [2.45, 2.75) is 25.8 Å². The lowest BCUT2D eigenvalue weighted by molar-refractivity contribution is -0.142. The van der Waals surface area contributed by atoms with Crippen LogP contribution in [0.3, 0.4) is 0 Å². The molecule has 0 amide bonds. The van der Waals surface area contributed by atoms with Crippen LogP contribution in [0.4, 0.5) is 5.69 Å². The molecular formula is C12H15NO2. The number of carboxylic acid groups (broad SMARTS) is 1. The number of nitrogens with one attached hydrogen (secondary N) is 1. The standard InChI is InChI=1S/C12H15NO2/c1-7-9-5-3-4-6-10(9)13-8(2)11(7)12(14)15/h3-8,11,13H,1-2H3,(H,14,15). The number of benzene rings is 1. The minimum absolute atomic E-state index is 0.0209. The molecule has 2 N–H and O–H groups in total. The Morgan fingerprint density at radius 2 is 2.00 bits per heavy atom. The van der Waals surface area contributed by atoms with E-state index in [0.29, 0.717) is 0 Å². The highest BCUT2D eigenvalue weighted by molar-refractivity contribution is 5.75. The summed E-state index contributed by atoms with van der Waals surface area (Å²) in [6, 6.07) is 7.89. The lowest BCUT2D eigenvalue weighted by atomic mass is 9.79. The van der Waals surface area contributed by atoms with Crippen LogP contribution in [0.25, 0.3) is 0 Å². The first kappa shape index (κ1) is 10.0. The third-order valence-electron chi connectivity index (χ3n) is 3.20. The van der Waals surface area contributed by atoms with Gasteiger partial charge in [-0.15, -0.1) is 0 Å². The Bertz CT molecular complexity index is 389. The van der Waals surface area contributed by atoms with E-state index in [9.17, 15) is 4.79 Å². The molecule has 1 aromatic rings. The van der Waals surface area contributed by atoms with E-state index in [1.54, 1.807) is 0 Å². The fraction of sp³-hybridized carbons (Fsp3) is 0.417. The summed E-state index contributed by atoms with van der Waals surface area (Å²) >= 11 is 0. The van der Waals surface area contributed by atoms with Crippen molar-refractivity contribution < 1.29 is 9.90 Å². The number of hydrogen-bond acceptors (Lipinski definition) is 2. The average Bonchev–Trinajstić information content (AvgIpc) is 2.17. The number of carboxylic acids is 1. The van der Waals surface area contributed by atoms with Crippen LogP contribution >= 0.6 is 0 Å². The molecule has 0 fully saturated rings. The third kappa shape index (κ3) is 1.58. The van der Waals surface area contributed by atoms with Crippen LogP contribution in [0.5, 0.6) is 0 Å². The SMILES string of the molecule is CC1Nc2ccccc2C(C)C1C(=O)O. The molecule has 2 rings (SSSR count). The predicted octanol–water partition coefficient (Wildman–Crippen LogP) is 2.30. The van der Waals surface area contributed by atoms with E-state index in [1.165, 1.54) is 0 Å². The summed E-state index contributed by atoms with van der Waals surface area (Å²) in [7, 11) is 0. The summed E-state index contributed by atoms with van der Waals surface area (Å²) < 4.78 is 0. The van der Waals surface area contributed by atoms with E-state index >= 15 is 0 Å². The number of hydrogen-bond donors (Lipinski definition) is 2. The molecule has 0 saturated heterocycles. The van der Waals surface area contributed by atoms with Crippen molar-refractivity contribution in [1.82, 2.24) is 0 Å². The largest absolute Gasteiger partial charge is 0.481 e. The van der Waals surface area contributed by atoms with Crippen molar-refractivity contribution in [3.05, 3.63) is 29.8 Å². The zero-order valence-corrected chi connectivity index (χ0v) is 8.90. The molecule has 1 aliphatic rings.